The number of anilines is 1. The number of methoxy groups -OCH3 is 1. The van der Waals surface area contributed by atoms with Crippen molar-refractivity contribution in [3.8, 4) is 29.1 Å². The summed E-state index contributed by atoms with van der Waals surface area (Å²) in [4.78, 5) is 45.5. The van der Waals surface area contributed by atoms with Crippen LogP contribution in [0.4, 0.5) is 5.13 Å². The number of thiazole rings is 1. The fraction of sp³-hybridized carbons (Fsp3) is 0.205. The number of ether oxygens (including phenoxy) is 6. The van der Waals surface area contributed by atoms with Gasteiger partial charge in [-0.3, -0.25) is 4.99 Å². The Bertz CT molecular complexity index is 2210. The highest BCUT2D eigenvalue weighted by atomic mass is 32.1. The van der Waals surface area contributed by atoms with Crippen LogP contribution in [-0.2, 0) is 23.8 Å². The molecule has 5 aromatic rings. The second-order valence-electron chi connectivity index (χ2n) is 12.0. The van der Waals surface area contributed by atoms with E-state index in [0.717, 1.165) is 38.8 Å². The zero-order valence-electron chi connectivity index (χ0n) is 31.3. The molecule has 1 heterocycles. The highest BCUT2D eigenvalue weighted by Crippen LogP contribution is 2.25. The molecule has 0 spiro atoms. The number of rotatable bonds is 20. The summed E-state index contributed by atoms with van der Waals surface area (Å²) in [6, 6.07) is 26.9. The van der Waals surface area contributed by atoms with E-state index >= 15 is 0 Å². The van der Waals surface area contributed by atoms with E-state index < -0.39 is 24.0 Å². The Morgan fingerprint density at radius 1 is 0.860 bits per heavy atom. The second-order valence-corrected chi connectivity index (χ2v) is 13.0. The molecule has 1 aromatic heterocycles. The molecule has 13 heteroatoms. The van der Waals surface area contributed by atoms with E-state index in [-0.39, 0.29) is 32.1 Å². The minimum atomic E-state index is -0.723. The summed E-state index contributed by atoms with van der Waals surface area (Å²) in [7, 11) is 1.61. The van der Waals surface area contributed by atoms with Gasteiger partial charge in [0.15, 0.2) is 11.2 Å². The first-order valence-corrected chi connectivity index (χ1v) is 18.7. The van der Waals surface area contributed by atoms with Gasteiger partial charge in [-0.2, -0.15) is 0 Å². The van der Waals surface area contributed by atoms with Gasteiger partial charge in [-0.25, -0.2) is 19.4 Å². The zero-order valence-corrected chi connectivity index (χ0v) is 32.1. The predicted octanol–water partition coefficient (Wildman–Crippen LogP) is 7.42. The average molecular weight is 788 g/mol. The Morgan fingerprint density at radius 2 is 1.58 bits per heavy atom. The van der Waals surface area contributed by atoms with Crippen LogP contribution >= 0.6 is 11.3 Å². The smallest absolute Gasteiger partial charge is 0.343 e. The Kier molecular flexibility index (Phi) is 16.0. The van der Waals surface area contributed by atoms with Crippen molar-refractivity contribution in [2.45, 2.75) is 18.9 Å². The van der Waals surface area contributed by atoms with Crippen LogP contribution in [0.5, 0.6) is 17.2 Å². The van der Waals surface area contributed by atoms with Crippen molar-refractivity contribution in [2.75, 3.05) is 45.5 Å². The monoisotopic (exact) mass is 787 g/mol. The summed E-state index contributed by atoms with van der Waals surface area (Å²) in [5.74, 6) is 6.09. The van der Waals surface area contributed by atoms with E-state index in [4.69, 9.17) is 28.4 Å². The number of carbonyl (C=O) groups excluding carboxylic acids is 3. The molecule has 1 unspecified atom stereocenters. The third-order valence-corrected chi connectivity index (χ3v) is 8.87. The van der Waals surface area contributed by atoms with Crippen molar-refractivity contribution in [3.63, 3.8) is 0 Å². The number of para-hydroxylation sites is 1. The van der Waals surface area contributed by atoms with E-state index in [1.165, 1.54) is 11.3 Å². The van der Waals surface area contributed by atoms with Crippen molar-refractivity contribution < 1.29 is 42.8 Å². The maximum atomic E-state index is 13.3. The molecule has 0 saturated heterocycles. The topological polar surface area (TPSA) is 144 Å². The number of unbranched alkanes of at least 4 members (excludes halogenated alkanes) is 1. The van der Waals surface area contributed by atoms with Gasteiger partial charge in [0.2, 0.25) is 0 Å². The van der Waals surface area contributed by atoms with Gasteiger partial charge >= 0.3 is 17.9 Å². The molecule has 12 nitrogen and oxygen atoms in total. The molecule has 0 amide bonds. The maximum absolute atomic E-state index is 13.3. The van der Waals surface area contributed by atoms with Gasteiger partial charge in [-0.05, 0) is 91.7 Å². The third kappa shape index (κ3) is 13.5. The van der Waals surface area contributed by atoms with E-state index in [1.807, 2.05) is 48.5 Å². The number of fused-ring (bicyclic) bond motifs is 1. The summed E-state index contributed by atoms with van der Waals surface area (Å²) in [5, 5.41) is 3.96. The highest BCUT2D eigenvalue weighted by Gasteiger charge is 2.16. The van der Waals surface area contributed by atoms with E-state index in [2.05, 4.69) is 40.3 Å². The number of benzene rings is 4. The van der Waals surface area contributed by atoms with Crippen LogP contribution < -0.4 is 19.5 Å². The molecule has 0 bridgehead atoms. The molecule has 0 aliphatic carbocycles. The quantitative estimate of drug-likeness (QED) is 0.0210. The molecule has 0 aliphatic rings. The molecule has 57 heavy (non-hydrogen) atoms. The largest absolute Gasteiger partial charge is 0.497 e. The molecule has 0 radical (unpaired) electrons. The Labute approximate surface area is 334 Å². The predicted molar refractivity (Wildman–Crippen MR) is 219 cm³/mol. The van der Waals surface area contributed by atoms with Crippen molar-refractivity contribution >= 4 is 50.8 Å². The number of nitrogens with one attached hydrogen (secondary N) is 1. The zero-order chi connectivity index (χ0) is 40.2. The number of esters is 3. The Morgan fingerprint density at radius 3 is 2.33 bits per heavy atom. The van der Waals surface area contributed by atoms with Crippen molar-refractivity contribution in [1.82, 2.24) is 4.98 Å². The van der Waals surface area contributed by atoms with Crippen LogP contribution in [0.3, 0.4) is 0 Å². The van der Waals surface area contributed by atoms with Gasteiger partial charge in [0.05, 0.1) is 36.1 Å². The normalized spacial score (nSPS) is 11.2. The van der Waals surface area contributed by atoms with Crippen molar-refractivity contribution in [1.29, 1.82) is 0 Å². The fourth-order valence-corrected chi connectivity index (χ4v) is 5.81. The summed E-state index contributed by atoms with van der Waals surface area (Å²) >= 11 is 1.53. The van der Waals surface area contributed by atoms with Crippen molar-refractivity contribution in [2.24, 2.45) is 4.99 Å². The number of carbonyl (C=O) groups is 3. The number of aromatic nitrogens is 1. The van der Waals surface area contributed by atoms with Gasteiger partial charge in [0.1, 0.15) is 30.5 Å². The Balaban J connectivity index is 1.20. The molecule has 1 N–H and O–H groups in total. The van der Waals surface area contributed by atoms with Gasteiger partial charge < -0.3 is 33.7 Å². The lowest BCUT2D eigenvalue weighted by molar-refractivity contribution is -0.148. The lowest BCUT2D eigenvalue weighted by atomic mass is 10.1. The van der Waals surface area contributed by atoms with Gasteiger partial charge in [0, 0.05) is 41.7 Å². The minimum Gasteiger partial charge on any atom is -0.497 e. The molecule has 1 atom stereocenters. The van der Waals surface area contributed by atoms with Crippen LogP contribution in [0.2, 0.25) is 0 Å². The molecule has 4 aromatic carbocycles. The first-order valence-electron chi connectivity index (χ1n) is 17.9. The number of aliphatic imine (C=N–C) groups is 1. The first kappa shape index (κ1) is 41.4. The molecule has 0 fully saturated rings. The SMILES string of the molecule is C=CC(=O)OCCCCOCC(COc1ccc(C(=O)Oc2ccc(C#Cc3ccc(OC)cc3)cc2/C=N/CNc2nc3ccccc3s2)cc1)OC(=O)C=C. The minimum absolute atomic E-state index is 0.00938. The lowest BCUT2D eigenvalue weighted by Crippen LogP contribution is -2.29. The molecule has 5 rings (SSSR count). The van der Waals surface area contributed by atoms with Gasteiger partial charge in [-0.1, -0.05) is 48.5 Å². The molecule has 292 valence electrons. The maximum Gasteiger partial charge on any atom is 0.343 e. The number of hydrogen-bond donors (Lipinski definition) is 1. The summed E-state index contributed by atoms with van der Waals surface area (Å²) in [6.45, 7) is 7.72. The van der Waals surface area contributed by atoms with Crippen LogP contribution in [0.25, 0.3) is 10.2 Å². The van der Waals surface area contributed by atoms with Gasteiger partial charge in [-0.15, -0.1) is 0 Å². The standard InChI is InChI=1S/C44H41N3O9S/c1-4-41(48)53-25-9-8-24-52-28-37(55-42(49)5-2)29-54-36-21-17-33(18-22-36)43(50)56-39-23-16-32(13-12-31-14-19-35(51-3)20-15-31)26-34(39)27-45-30-46-44-47-38-10-6-7-11-40(38)57-44/h4-7,10-11,14-23,26-27,37H,1-2,8-9,24-25,28-30H2,3H3,(H,46,47)/b45-27+. The molecule has 0 aliphatic heterocycles. The Hall–Kier alpha value is -6.75. The highest BCUT2D eigenvalue weighted by molar-refractivity contribution is 7.22. The van der Waals surface area contributed by atoms with Crippen LogP contribution in [0, 0.1) is 11.8 Å². The van der Waals surface area contributed by atoms with Crippen molar-refractivity contribution in [3.05, 3.63) is 139 Å². The van der Waals surface area contributed by atoms with E-state index in [1.54, 1.807) is 55.8 Å². The molecular weight excluding hydrogens is 747 g/mol. The third-order valence-electron chi connectivity index (χ3n) is 7.87. The van der Waals surface area contributed by atoms with E-state index in [0.29, 0.717) is 42.1 Å². The van der Waals surface area contributed by atoms with Crippen LogP contribution in [0.1, 0.15) is 39.9 Å². The van der Waals surface area contributed by atoms with Gasteiger partial charge in [0.25, 0.3) is 0 Å². The second kappa shape index (κ2) is 22.0. The summed E-state index contributed by atoms with van der Waals surface area (Å²) in [6.07, 6.45) is 4.30. The van der Waals surface area contributed by atoms with Crippen LogP contribution in [-0.4, -0.2) is 75.4 Å². The fourth-order valence-electron chi connectivity index (χ4n) is 4.96. The van der Waals surface area contributed by atoms with E-state index in [9.17, 15) is 14.4 Å². The molecular formula is C44H41N3O9S. The molecule has 0 saturated carbocycles. The lowest BCUT2D eigenvalue weighted by Gasteiger charge is -2.18. The number of hydrogen-bond acceptors (Lipinski definition) is 13. The van der Waals surface area contributed by atoms with Crippen LogP contribution in [0.15, 0.2) is 121 Å². The summed E-state index contributed by atoms with van der Waals surface area (Å²) in [5.41, 5.74) is 3.25. The average Bonchev–Trinajstić information content (AvgIpc) is 3.67. The number of nitrogens with zero attached hydrogens (tertiary/aromatic N) is 2. The first-order chi connectivity index (χ1) is 27.8. The summed E-state index contributed by atoms with van der Waals surface area (Å²) < 4.78 is 34.0.